The van der Waals surface area contributed by atoms with E-state index < -0.39 is 0 Å². The Labute approximate surface area is 179 Å². The minimum Gasteiger partial charge on any atom is -0.439 e. The summed E-state index contributed by atoms with van der Waals surface area (Å²) in [4.78, 5) is 21.1. The van der Waals surface area contributed by atoms with E-state index in [9.17, 15) is 9.18 Å². The molecule has 3 aromatic carbocycles. The number of halogens is 1. The predicted molar refractivity (Wildman–Crippen MR) is 116 cm³/mol. The maximum absolute atomic E-state index is 13.5. The van der Waals surface area contributed by atoms with Crippen molar-refractivity contribution in [2.75, 3.05) is 0 Å². The van der Waals surface area contributed by atoms with Crippen LogP contribution in [0, 0.1) is 12.7 Å². The summed E-state index contributed by atoms with van der Waals surface area (Å²) in [5, 5.41) is 2.93. The van der Waals surface area contributed by atoms with Gasteiger partial charge in [-0.25, -0.2) is 9.37 Å². The summed E-state index contributed by atoms with van der Waals surface area (Å²) in [6.07, 6.45) is 1.54. The molecule has 0 aliphatic carbocycles. The molecule has 0 bridgehead atoms. The van der Waals surface area contributed by atoms with Gasteiger partial charge in [-0.2, -0.15) is 4.98 Å². The summed E-state index contributed by atoms with van der Waals surface area (Å²) in [6.45, 7) is 2.45. The number of nitrogens with zero attached hydrogens (tertiary/aromatic N) is 2. The van der Waals surface area contributed by atoms with Gasteiger partial charge >= 0.3 is 0 Å². The molecule has 0 spiro atoms. The Morgan fingerprint density at radius 3 is 2.68 bits per heavy atom. The fraction of sp³-hybridized carbons (Fsp3) is 0.0800. The quantitative estimate of drug-likeness (QED) is 0.465. The second kappa shape index (κ2) is 9.17. The number of aromatic nitrogens is 2. The third kappa shape index (κ3) is 5.11. The van der Waals surface area contributed by atoms with E-state index in [2.05, 4.69) is 15.3 Å². The Bertz CT molecular complexity index is 1230. The summed E-state index contributed by atoms with van der Waals surface area (Å²) >= 11 is 0. The van der Waals surface area contributed by atoms with Crippen LogP contribution in [0.5, 0.6) is 11.6 Å². The van der Waals surface area contributed by atoms with E-state index >= 15 is 0 Å². The van der Waals surface area contributed by atoms with Crippen LogP contribution in [0.2, 0.25) is 0 Å². The maximum atomic E-state index is 13.5. The molecule has 0 aliphatic heterocycles. The Hall–Kier alpha value is -4.06. The molecular formula is C25H20FN3O2. The van der Waals surface area contributed by atoms with E-state index in [4.69, 9.17) is 4.74 Å². The first-order valence-electron chi connectivity index (χ1n) is 9.78. The number of nitrogens with one attached hydrogen (secondary N) is 1. The van der Waals surface area contributed by atoms with Crippen LogP contribution in [0.1, 0.15) is 21.5 Å². The van der Waals surface area contributed by atoms with Crippen LogP contribution in [0.4, 0.5) is 4.39 Å². The van der Waals surface area contributed by atoms with Crippen molar-refractivity contribution in [3.8, 4) is 23.0 Å². The number of aryl methyl sites for hydroxylation is 1. The molecule has 0 atom stereocenters. The number of carbonyl (C=O) groups is 1. The topological polar surface area (TPSA) is 64.1 Å². The minimum atomic E-state index is -0.364. The molecule has 0 saturated carbocycles. The van der Waals surface area contributed by atoms with Gasteiger partial charge in [-0.1, -0.05) is 42.5 Å². The molecule has 0 saturated heterocycles. The summed E-state index contributed by atoms with van der Waals surface area (Å²) in [5.74, 6) is 0.553. The monoisotopic (exact) mass is 413 g/mol. The number of hydrogen-bond donors (Lipinski definition) is 1. The molecular weight excluding hydrogens is 393 g/mol. The lowest BCUT2D eigenvalue weighted by molar-refractivity contribution is 0.0950. The van der Waals surface area contributed by atoms with Crippen LogP contribution in [0.25, 0.3) is 11.4 Å². The van der Waals surface area contributed by atoms with Gasteiger partial charge in [-0.3, -0.25) is 4.79 Å². The first-order valence-corrected chi connectivity index (χ1v) is 9.78. The molecule has 4 rings (SSSR count). The number of benzene rings is 3. The van der Waals surface area contributed by atoms with Gasteiger partial charge in [0, 0.05) is 29.9 Å². The SMILES string of the molecule is Cc1ccccc1CNC(=O)c1cccc(Oc2ccnc(-c3cccc(F)c3)n2)c1. The van der Waals surface area contributed by atoms with Gasteiger partial charge in [0.25, 0.3) is 5.91 Å². The van der Waals surface area contributed by atoms with Crippen LogP contribution >= 0.6 is 0 Å². The van der Waals surface area contributed by atoms with Gasteiger partial charge in [0.1, 0.15) is 11.6 Å². The van der Waals surface area contributed by atoms with Crippen LogP contribution in [-0.4, -0.2) is 15.9 Å². The Morgan fingerprint density at radius 1 is 1.00 bits per heavy atom. The van der Waals surface area contributed by atoms with Crippen molar-refractivity contribution < 1.29 is 13.9 Å². The molecule has 0 fully saturated rings. The molecule has 0 aliphatic rings. The molecule has 0 unspecified atom stereocenters. The van der Waals surface area contributed by atoms with Gasteiger partial charge in [-0.05, 0) is 48.4 Å². The van der Waals surface area contributed by atoms with Gasteiger partial charge < -0.3 is 10.1 Å². The van der Waals surface area contributed by atoms with Gasteiger partial charge in [0.15, 0.2) is 5.82 Å². The van der Waals surface area contributed by atoms with Crippen molar-refractivity contribution in [3.05, 3.63) is 108 Å². The fourth-order valence-corrected chi connectivity index (χ4v) is 3.07. The molecule has 5 nitrogen and oxygen atoms in total. The van der Waals surface area contributed by atoms with E-state index in [1.807, 2.05) is 31.2 Å². The number of amides is 1. The Kier molecular flexibility index (Phi) is 5.98. The maximum Gasteiger partial charge on any atom is 0.251 e. The third-order valence-electron chi connectivity index (χ3n) is 4.73. The first-order chi connectivity index (χ1) is 15.1. The predicted octanol–water partition coefficient (Wildman–Crippen LogP) is 5.31. The zero-order valence-corrected chi connectivity index (χ0v) is 16.9. The molecule has 6 heteroatoms. The molecule has 1 N–H and O–H groups in total. The van der Waals surface area contributed by atoms with Crippen molar-refractivity contribution in [1.29, 1.82) is 0 Å². The highest BCUT2D eigenvalue weighted by atomic mass is 19.1. The third-order valence-corrected chi connectivity index (χ3v) is 4.73. The van der Waals surface area contributed by atoms with E-state index in [0.29, 0.717) is 35.1 Å². The average molecular weight is 413 g/mol. The number of carbonyl (C=O) groups excluding carboxylic acids is 1. The van der Waals surface area contributed by atoms with E-state index in [1.54, 1.807) is 48.7 Å². The van der Waals surface area contributed by atoms with Crippen LogP contribution in [-0.2, 0) is 6.54 Å². The van der Waals surface area contributed by atoms with Crippen LogP contribution < -0.4 is 10.1 Å². The van der Waals surface area contributed by atoms with Gasteiger partial charge in [0.05, 0.1) is 0 Å². The van der Waals surface area contributed by atoms with Crippen molar-refractivity contribution in [3.63, 3.8) is 0 Å². The Balaban J connectivity index is 1.47. The summed E-state index contributed by atoms with van der Waals surface area (Å²) in [5.41, 5.74) is 3.21. The molecule has 1 heterocycles. The highest BCUT2D eigenvalue weighted by Gasteiger charge is 2.10. The van der Waals surface area contributed by atoms with Crippen LogP contribution in [0.15, 0.2) is 85.1 Å². The summed E-state index contributed by atoms with van der Waals surface area (Å²) in [7, 11) is 0. The zero-order chi connectivity index (χ0) is 21.6. The lowest BCUT2D eigenvalue weighted by Gasteiger charge is -2.10. The second-order valence-electron chi connectivity index (χ2n) is 6.97. The number of ether oxygens (including phenoxy) is 1. The smallest absolute Gasteiger partial charge is 0.251 e. The lowest BCUT2D eigenvalue weighted by Crippen LogP contribution is -2.23. The zero-order valence-electron chi connectivity index (χ0n) is 16.9. The highest BCUT2D eigenvalue weighted by Crippen LogP contribution is 2.23. The molecule has 4 aromatic rings. The van der Waals surface area contributed by atoms with E-state index in [1.165, 1.54) is 12.1 Å². The van der Waals surface area contributed by atoms with Crippen molar-refractivity contribution in [2.45, 2.75) is 13.5 Å². The fourth-order valence-electron chi connectivity index (χ4n) is 3.07. The first kappa shape index (κ1) is 20.2. The van der Waals surface area contributed by atoms with Gasteiger partial charge in [0.2, 0.25) is 5.88 Å². The summed E-state index contributed by atoms with van der Waals surface area (Å²) in [6, 6.07) is 22.4. The van der Waals surface area contributed by atoms with Crippen molar-refractivity contribution in [1.82, 2.24) is 15.3 Å². The number of hydrogen-bond acceptors (Lipinski definition) is 4. The summed E-state index contributed by atoms with van der Waals surface area (Å²) < 4.78 is 19.3. The molecule has 31 heavy (non-hydrogen) atoms. The number of rotatable bonds is 6. The lowest BCUT2D eigenvalue weighted by atomic mass is 10.1. The van der Waals surface area contributed by atoms with Gasteiger partial charge in [-0.15, -0.1) is 0 Å². The van der Waals surface area contributed by atoms with Crippen LogP contribution in [0.3, 0.4) is 0 Å². The van der Waals surface area contributed by atoms with Crippen molar-refractivity contribution >= 4 is 5.91 Å². The molecule has 1 aromatic heterocycles. The second-order valence-corrected chi connectivity index (χ2v) is 6.97. The molecule has 0 radical (unpaired) electrons. The largest absolute Gasteiger partial charge is 0.439 e. The van der Waals surface area contributed by atoms with E-state index in [0.717, 1.165) is 11.1 Å². The normalized spacial score (nSPS) is 10.5. The molecule has 154 valence electrons. The van der Waals surface area contributed by atoms with Crippen molar-refractivity contribution in [2.24, 2.45) is 0 Å². The standard InChI is InChI=1S/C25H20FN3O2/c1-17-6-2-3-7-20(17)16-28-25(30)19-9-5-11-22(15-19)31-23-12-13-27-24(29-23)18-8-4-10-21(26)14-18/h2-15H,16H2,1H3,(H,28,30). The Morgan fingerprint density at radius 2 is 1.84 bits per heavy atom. The minimum absolute atomic E-state index is 0.197. The van der Waals surface area contributed by atoms with E-state index in [-0.39, 0.29) is 11.7 Å². The average Bonchev–Trinajstić information content (AvgIpc) is 2.79. The molecule has 1 amide bonds. The highest BCUT2D eigenvalue weighted by molar-refractivity contribution is 5.94.